The minimum Gasteiger partial charge on any atom is -0.293 e. The van der Waals surface area contributed by atoms with Gasteiger partial charge in [-0.25, -0.2) is 0 Å². The van der Waals surface area contributed by atoms with E-state index in [0.717, 1.165) is 0 Å². The van der Waals surface area contributed by atoms with Gasteiger partial charge in [-0.2, -0.15) is 26.3 Å². The van der Waals surface area contributed by atoms with Gasteiger partial charge in [-0.15, -0.1) is 11.3 Å². The van der Waals surface area contributed by atoms with E-state index in [2.05, 4.69) is 11.8 Å². The zero-order valence-electron chi connectivity index (χ0n) is 15.9. The average Bonchev–Trinajstić information content (AvgIpc) is 3.16. The average molecular weight is 503 g/mol. The lowest BCUT2D eigenvalue weighted by Crippen LogP contribution is -2.02. The van der Waals surface area contributed by atoms with E-state index in [1.807, 2.05) is 0 Å². The molecule has 0 spiro atoms. The van der Waals surface area contributed by atoms with Gasteiger partial charge in [0, 0.05) is 21.8 Å². The third-order valence-electron chi connectivity index (χ3n) is 3.82. The molecule has 0 atom stereocenters. The summed E-state index contributed by atoms with van der Waals surface area (Å²) in [7, 11) is 0. The maximum atomic E-state index is 12.4. The summed E-state index contributed by atoms with van der Waals surface area (Å²) >= 11 is 0.757. The monoisotopic (exact) mass is 502 g/mol. The Morgan fingerprint density at radius 1 is 0.750 bits per heavy atom. The number of halogens is 6. The summed E-state index contributed by atoms with van der Waals surface area (Å²) < 4.78 is 74.2. The highest BCUT2D eigenvalue weighted by Crippen LogP contribution is 2.37. The molecule has 0 bridgehead atoms. The quantitative estimate of drug-likeness (QED) is 0.153. The first kappa shape index (κ1) is 24.3. The predicted molar refractivity (Wildman–Crippen MR) is 115 cm³/mol. The molecule has 0 aliphatic carbocycles. The molecule has 1 nitrogen and oxygen atoms in total. The van der Waals surface area contributed by atoms with Gasteiger partial charge in [0.15, 0.2) is 5.78 Å². The number of Topliss-reactive ketones (excluding diaryl/α,β-unsaturated/α-hetero) is 1. The predicted octanol–water partition coefficient (Wildman–Crippen LogP) is 7.80. The van der Waals surface area contributed by atoms with Crippen LogP contribution in [-0.2, 0) is 6.42 Å². The highest BCUT2D eigenvalue weighted by molar-refractivity contribution is 8.00. The summed E-state index contributed by atoms with van der Waals surface area (Å²) in [5, 5.41) is 0. The van der Waals surface area contributed by atoms with Gasteiger partial charge >= 0.3 is 11.0 Å². The standard InChI is InChI=1S/C22H12F6OS3/c23-21(24,25)31-17-7-2-14(3-8-17)1-6-16-11-12-20(30-16)19(29)13-15-4-9-18(10-5-15)32-22(26,27)28/h2-5,7-12H,13H2. The van der Waals surface area contributed by atoms with Crippen molar-refractivity contribution in [2.75, 3.05) is 0 Å². The van der Waals surface area contributed by atoms with E-state index in [9.17, 15) is 31.1 Å². The van der Waals surface area contributed by atoms with Crippen LogP contribution in [0.15, 0.2) is 70.5 Å². The Kier molecular flexibility index (Phi) is 7.64. The van der Waals surface area contributed by atoms with Gasteiger partial charge in [0.2, 0.25) is 0 Å². The molecule has 0 N–H and O–H groups in total. The van der Waals surface area contributed by atoms with Crippen molar-refractivity contribution < 1.29 is 31.1 Å². The molecule has 0 amide bonds. The molecular weight excluding hydrogens is 490 g/mol. The van der Waals surface area contributed by atoms with Gasteiger partial charge in [-0.1, -0.05) is 24.0 Å². The highest BCUT2D eigenvalue weighted by atomic mass is 32.2. The molecule has 0 unspecified atom stereocenters. The number of hydrogen-bond donors (Lipinski definition) is 0. The van der Waals surface area contributed by atoms with Crippen molar-refractivity contribution in [3.05, 3.63) is 81.5 Å². The van der Waals surface area contributed by atoms with Crippen molar-refractivity contribution in [2.24, 2.45) is 0 Å². The van der Waals surface area contributed by atoms with Crippen molar-refractivity contribution >= 4 is 40.6 Å². The van der Waals surface area contributed by atoms with Crippen molar-refractivity contribution in [2.45, 2.75) is 27.2 Å². The second-order valence-electron chi connectivity index (χ2n) is 6.28. The first-order chi connectivity index (χ1) is 15.0. The Hall–Kier alpha value is -2.35. The van der Waals surface area contributed by atoms with E-state index in [0.29, 0.717) is 20.9 Å². The van der Waals surface area contributed by atoms with Crippen LogP contribution in [0.5, 0.6) is 0 Å². The van der Waals surface area contributed by atoms with Gasteiger partial charge < -0.3 is 0 Å². The Labute approximate surface area is 192 Å². The Balaban J connectivity index is 1.60. The summed E-state index contributed by atoms with van der Waals surface area (Å²) in [4.78, 5) is 13.6. The van der Waals surface area contributed by atoms with E-state index in [4.69, 9.17) is 0 Å². The van der Waals surface area contributed by atoms with E-state index in [1.165, 1.54) is 59.9 Å². The summed E-state index contributed by atoms with van der Waals surface area (Å²) in [5.41, 5.74) is -7.58. The number of carbonyl (C=O) groups is 1. The Morgan fingerprint density at radius 2 is 1.28 bits per heavy atom. The molecule has 1 heterocycles. The lowest BCUT2D eigenvalue weighted by Gasteiger charge is -2.06. The Bertz CT molecular complexity index is 1130. The van der Waals surface area contributed by atoms with E-state index in [-0.39, 0.29) is 45.5 Å². The largest absolute Gasteiger partial charge is 0.446 e. The first-order valence-corrected chi connectivity index (χ1v) is 11.3. The SMILES string of the molecule is O=C(Cc1ccc(SC(F)(F)F)cc1)c1ccc(C#Cc2ccc(SC(F)(F)F)cc2)s1. The van der Waals surface area contributed by atoms with Crippen LogP contribution >= 0.6 is 34.9 Å². The zero-order chi connectivity index (χ0) is 23.4. The normalized spacial score (nSPS) is 11.7. The molecule has 3 aromatic rings. The molecule has 10 heteroatoms. The number of thiophene rings is 1. The maximum absolute atomic E-state index is 12.4. The minimum atomic E-state index is -4.37. The number of thioether (sulfide) groups is 2. The number of benzene rings is 2. The molecule has 0 saturated carbocycles. The van der Waals surface area contributed by atoms with Gasteiger partial charge in [-0.05, 0) is 77.6 Å². The third-order valence-corrected chi connectivity index (χ3v) is 6.34. The number of carbonyl (C=O) groups excluding carboxylic acids is 1. The van der Waals surface area contributed by atoms with Gasteiger partial charge in [0.1, 0.15) is 0 Å². The van der Waals surface area contributed by atoms with Crippen molar-refractivity contribution in [3.63, 3.8) is 0 Å². The lowest BCUT2D eigenvalue weighted by atomic mass is 10.1. The van der Waals surface area contributed by atoms with E-state index >= 15 is 0 Å². The van der Waals surface area contributed by atoms with Crippen LogP contribution < -0.4 is 0 Å². The zero-order valence-corrected chi connectivity index (χ0v) is 18.3. The minimum absolute atomic E-state index is 0.0443. The second-order valence-corrected chi connectivity index (χ2v) is 9.64. The highest BCUT2D eigenvalue weighted by Gasteiger charge is 2.29. The van der Waals surface area contributed by atoms with E-state index in [1.54, 1.807) is 12.1 Å². The van der Waals surface area contributed by atoms with Gasteiger partial charge in [0.25, 0.3) is 0 Å². The van der Waals surface area contributed by atoms with Crippen LogP contribution in [-0.4, -0.2) is 16.8 Å². The maximum Gasteiger partial charge on any atom is 0.446 e. The van der Waals surface area contributed by atoms with E-state index < -0.39 is 11.0 Å². The number of ketones is 1. The fraction of sp³-hybridized carbons (Fsp3) is 0.136. The second kappa shape index (κ2) is 10.1. The summed E-state index contributed by atoms with van der Waals surface area (Å²) in [6.07, 6.45) is 0.0443. The van der Waals surface area contributed by atoms with Crippen LogP contribution in [0.4, 0.5) is 26.3 Å². The molecule has 0 radical (unpaired) electrons. The molecule has 166 valence electrons. The third kappa shape index (κ3) is 7.97. The number of rotatable bonds is 5. The molecule has 0 saturated heterocycles. The lowest BCUT2D eigenvalue weighted by molar-refractivity contribution is -0.0337. The number of hydrogen-bond acceptors (Lipinski definition) is 4. The van der Waals surface area contributed by atoms with Gasteiger partial charge in [0.05, 0.1) is 9.75 Å². The molecule has 1 aromatic heterocycles. The fourth-order valence-corrected chi connectivity index (χ4v) is 4.39. The molecular formula is C22H12F6OS3. The van der Waals surface area contributed by atoms with Crippen molar-refractivity contribution in [1.29, 1.82) is 0 Å². The smallest absolute Gasteiger partial charge is 0.293 e. The molecule has 0 aliphatic heterocycles. The van der Waals surface area contributed by atoms with Crippen LogP contribution in [0.3, 0.4) is 0 Å². The Morgan fingerprint density at radius 3 is 1.81 bits per heavy atom. The summed E-state index contributed by atoms with van der Waals surface area (Å²) in [6, 6.07) is 14.6. The fourth-order valence-electron chi connectivity index (χ4n) is 2.51. The molecule has 3 rings (SSSR count). The summed E-state index contributed by atoms with van der Waals surface area (Å²) in [5.74, 6) is 5.53. The summed E-state index contributed by atoms with van der Waals surface area (Å²) in [6.45, 7) is 0. The van der Waals surface area contributed by atoms with Crippen LogP contribution in [0.1, 0.15) is 25.7 Å². The molecule has 0 aliphatic rings. The topological polar surface area (TPSA) is 17.1 Å². The molecule has 0 fully saturated rings. The van der Waals surface area contributed by atoms with Crippen LogP contribution in [0.2, 0.25) is 0 Å². The van der Waals surface area contributed by atoms with Gasteiger partial charge in [-0.3, -0.25) is 4.79 Å². The van der Waals surface area contributed by atoms with Crippen molar-refractivity contribution in [3.8, 4) is 11.8 Å². The van der Waals surface area contributed by atoms with Crippen molar-refractivity contribution in [1.82, 2.24) is 0 Å². The molecule has 2 aromatic carbocycles. The number of alkyl halides is 6. The first-order valence-electron chi connectivity index (χ1n) is 8.82. The van der Waals surface area contributed by atoms with Crippen LogP contribution in [0, 0.1) is 11.8 Å². The van der Waals surface area contributed by atoms with Crippen LogP contribution in [0.25, 0.3) is 0 Å². The molecule has 32 heavy (non-hydrogen) atoms.